The van der Waals surface area contributed by atoms with Crippen molar-refractivity contribution in [3.63, 3.8) is 0 Å². The standard InChI is InChI=1S/C33H30F3N5O3/c1-3-23-26(35)6-5-20-11-22(42)12-24(27(20)23)29-28(36)30-25(14-37-29)31(40-9-10-43-17-19(2)15-40)39-32(38-30)44-18-33-7-4-8-41(33)16-21(34)13-33/h1,5-6,11-12,14,21,42H,2,4,7-10,13,15-18H2/t21-,33?/m1/s1. The van der Waals surface area contributed by atoms with Gasteiger partial charge in [0.1, 0.15) is 41.4 Å². The molecule has 226 valence electrons. The molecule has 0 aliphatic carbocycles. The molecule has 8 nitrogen and oxygen atoms in total. The average molecular weight is 602 g/mol. The van der Waals surface area contributed by atoms with Crippen LogP contribution in [0.25, 0.3) is 32.9 Å². The third-order valence-electron chi connectivity index (χ3n) is 8.85. The van der Waals surface area contributed by atoms with Gasteiger partial charge in [0.2, 0.25) is 0 Å². The predicted molar refractivity (Wildman–Crippen MR) is 161 cm³/mol. The first-order valence-corrected chi connectivity index (χ1v) is 14.6. The number of halogens is 3. The van der Waals surface area contributed by atoms with Crippen molar-refractivity contribution in [2.45, 2.75) is 31.0 Å². The van der Waals surface area contributed by atoms with E-state index < -0.39 is 23.3 Å². The van der Waals surface area contributed by atoms with E-state index in [1.54, 1.807) is 0 Å². The topological polar surface area (TPSA) is 83.8 Å². The Morgan fingerprint density at radius 2 is 2.09 bits per heavy atom. The molecule has 0 amide bonds. The number of aromatic hydroxyl groups is 1. The van der Waals surface area contributed by atoms with E-state index in [-0.39, 0.29) is 46.1 Å². The monoisotopic (exact) mass is 601 g/mol. The summed E-state index contributed by atoms with van der Waals surface area (Å²) < 4.78 is 57.7. The molecule has 2 atom stereocenters. The Balaban J connectivity index is 1.39. The summed E-state index contributed by atoms with van der Waals surface area (Å²) in [6.45, 7) is 7.06. The Labute approximate surface area is 252 Å². The summed E-state index contributed by atoms with van der Waals surface area (Å²) in [6, 6.07) is 5.34. The number of hydrogen-bond acceptors (Lipinski definition) is 8. The minimum Gasteiger partial charge on any atom is -0.508 e. The van der Waals surface area contributed by atoms with Gasteiger partial charge < -0.3 is 19.5 Å². The number of hydrogen-bond donors (Lipinski definition) is 1. The summed E-state index contributed by atoms with van der Waals surface area (Å²) in [5.41, 5.74) is 0.162. The van der Waals surface area contributed by atoms with E-state index in [9.17, 15) is 13.9 Å². The predicted octanol–water partition coefficient (Wildman–Crippen LogP) is 5.16. The number of terminal acetylenes is 1. The molecule has 3 aliphatic rings. The zero-order valence-corrected chi connectivity index (χ0v) is 24.0. The molecule has 0 radical (unpaired) electrons. The highest BCUT2D eigenvalue weighted by Crippen LogP contribution is 2.41. The number of nitrogens with zero attached hydrogens (tertiary/aromatic N) is 5. The molecule has 1 unspecified atom stereocenters. The second-order valence-corrected chi connectivity index (χ2v) is 11.8. The molecule has 0 saturated carbocycles. The SMILES string of the molecule is C#Cc1c(F)ccc2cc(O)cc(-c3ncc4c(N5CCOCC(=C)C5)nc(OCC56CCCN5C[C@H](F)C6)nc4c3F)c12. The largest absolute Gasteiger partial charge is 0.508 e. The van der Waals surface area contributed by atoms with Gasteiger partial charge >= 0.3 is 6.01 Å². The van der Waals surface area contributed by atoms with Crippen molar-refractivity contribution in [2.24, 2.45) is 0 Å². The van der Waals surface area contributed by atoms with Gasteiger partial charge in [0.05, 0.1) is 29.7 Å². The van der Waals surface area contributed by atoms with E-state index in [1.807, 2.05) is 4.90 Å². The molecule has 2 aromatic heterocycles. The van der Waals surface area contributed by atoms with Crippen LogP contribution in [-0.2, 0) is 4.74 Å². The second-order valence-electron chi connectivity index (χ2n) is 11.8. The lowest BCUT2D eigenvalue weighted by atomic mass is 9.95. The van der Waals surface area contributed by atoms with Gasteiger partial charge in [-0.3, -0.25) is 9.88 Å². The number of rotatable bonds is 5. The van der Waals surface area contributed by atoms with Gasteiger partial charge in [-0.25, -0.2) is 13.2 Å². The number of aromatic nitrogens is 3. The minimum atomic E-state index is -0.934. The molecular weight excluding hydrogens is 571 g/mol. The first kappa shape index (κ1) is 28.4. The molecule has 5 heterocycles. The molecule has 0 spiro atoms. The summed E-state index contributed by atoms with van der Waals surface area (Å²) in [5, 5.41) is 11.5. The highest BCUT2D eigenvalue weighted by Gasteiger charge is 2.49. The molecule has 7 rings (SSSR count). The Bertz CT molecular complexity index is 1860. The van der Waals surface area contributed by atoms with Crippen molar-refractivity contribution in [1.29, 1.82) is 0 Å². The summed E-state index contributed by atoms with van der Waals surface area (Å²) in [5.74, 6) is 1.11. The van der Waals surface area contributed by atoms with E-state index in [1.165, 1.54) is 30.5 Å². The normalized spacial score (nSPS) is 22.4. The Hall–Kier alpha value is -4.40. The van der Waals surface area contributed by atoms with Crippen molar-refractivity contribution in [2.75, 3.05) is 50.9 Å². The number of ether oxygens (including phenoxy) is 2. The zero-order valence-electron chi connectivity index (χ0n) is 24.0. The van der Waals surface area contributed by atoms with E-state index >= 15 is 4.39 Å². The Morgan fingerprint density at radius 3 is 2.93 bits per heavy atom. The van der Waals surface area contributed by atoms with Crippen LogP contribution in [0, 0.1) is 24.0 Å². The van der Waals surface area contributed by atoms with Crippen molar-refractivity contribution >= 4 is 27.5 Å². The molecular formula is C33H30F3N5O3. The molecule has 11 heteroatoms. The summed E-state index contributed by atoms with van der Waals surface area (Å²) >= 11 is 0. The number of benzene rings is 2. The quantitative estimate of drug-likeness (QED) is 0.248. The molecule has 44 heavy (non-hydrogen) atoms. The van der Waals surface area contributed by atoms with Crippen LogP contribution in [0.3, 0.4) is 0 Å². The van der Waals surface area contributed by atoms with Crippen LogP contribution >= 0.6 is 0 Å². The van der Waals surface area contributed by atoms with Crippen molar-refractivity contribution in [1.82, 2.24) is 19.9 Å². The maximum absolute atomic E-state index is 16.7. The third kappa shape index (κ3) is 4.78. The lowest BCUT2D eigenvalue weighted by Crippen LogP contribution is -2.43. The molecule has 3 aliphatic heterocycles. The van der Waals surface area contributed by atoms with Gasteiger partial charge in [-0.15, -0.1) is 6.42 Å². The van der Waals surface area contributed by atoms with E-state index in [0.717, 1.165) is 25.0 Å². The number of fused-ring (bicyclic) bond motifs is 3. The first-order chi connectivity index (χ1) is 21.3. The molecule has 0 bridgehead atoms. The fraction of sp³-hybridized carbons (Fsp3) is 0.364. The summed E-state index contributed by atoms with van der Waals surface area (Å²) in [6.07, 6.45) is 8.26. The van der Waals surface area contributed by atoms with Gasteiger partial charge in [0.25, 0.3) is 0 Å². The molecule has 3 fully saturated rings. The first-order valence-electron chi connectivity index (χ1n) is 14.6. The smallest absolute Gasteiger partial charge is 0.319 e. The van der Waals surface area contributed by atoms with Crippen LogP contribution in [0.4, 0.5) is 19.0 Å². The zero-order chi connectivity index (χ0) is 30.6. The van der Waals surface area contributed by atoms with Crippen LogP contribution in [-0.4, -0.2) is 82.7 Å². The lowest BCUT2D eigenvalue weighted by molar-refractivity contribution is 0.107. The van der Waals surface area contributed by atoms with E-state index in [4.69, 9.17) is 20.9 Å². The van der Waals surface area contributed by atoms with Gasteiger partial charge in [0.15, 0.2) is 5.82 Å². The fourth-order valence-electron chi connectivity index (χ4n) is 6.88. The number of phenolic OH excluding ortho intramolecular Hbond substituents is 1. The van der Waals surface area contributed by atoms with Gasteiger partial charge in [0, 0.05) is 43.2 Å². The highest BCUT2D eigenvalue weighted by molar-refractivity contribution is 6.03. The number of alkyl halides is 1. The maximum Gasteiger partial charge on any atom is 0.319 e. The van der Waals surface area contributed by atoms with Crippen molar-refractivity contribution < 1.29 is 27.8 Å². The van der Waals surface area contributed by atoms with E-state index in [2.05, 4.69) is 27.4 Å². The lowest BCUT2D eigenvalue weighted by Gasteiger charge is -2.31. The Kier molecular flexibility index (Phi) is 7.06. The van der Waals surface area contributed by atoms with Crippen LogP contribution in [0.1, 0.15) is 24.8 Å². The molecule has 3 saturated heterocycles. The van der Waals surface area contributed by atoms with Gasteiger partial charge in [-0.1, -0.05) is 18.6 Å². The number of phenols is 1. The van der Waals surface area contributed by atoms with Crippen molar-refractivity contribution in [3.05, 3.63) is 59.8 Å². The van der Waals surface area contributed by atoms with Gasteiger partial charge in [-0.2, -0.15) is 9.97 Å². The van der Waals surface area contributed by atoms with Crippen molar-refractivity contribution in [3.8, 4) is 35.4 Å². The maximum atomic E-state index is 16.7. The van der Waals surface area contributed by atoms with Crippen LogP contribution in [0.2, 0.25) is 0 Å². The van der Waals surface area contributed by atoms with Gasteiger partial charge in [-0.05, 0) is 48.5 Å². The van der Waals surface area contributed by atoms with Crippen LogP contribution in [0.15, 0.2) is 42.6 Å². The molecule has 1 N–H and O–H groups in total. The number of pyridine rings is 1. The second kappa shape index (κ2) is 10.9. The molecule has 4 aromatic rings. The van der Waals surface area contributed by atoms with Crippen LogP contribution in [0.5, 0.6) is 11.8 Å². The van der Waals surface area contributed by atoms with Crippen LogP contribution < -0.4 is 9.64 Å². The minimum absolute atomic E-state index is 0.0565. The number of anilines is 1. The highest BCUT2D eigenvalue weighted by atomic mass is 19.1. The summed E-state index contributed by atoms with van der Waals surface area (Å²) in [7, 11) is 0. The third-order valence-corrected chi connectivity index (χ3v) is 8.85. The summed E-state index contributed by atoms with van der Waals surface area (Å²) in [4.78, 5) is 17.7. The average Bonchev–Trinajstić information content (AvgIpc) is 3.43. The fourth-order valence-corrected chi connectivity index (χ4v) is 6.88. The molecule has 2 aromatic carbocycles. The Morgan fingerprint density at radius 1 is 1.23 bits per heavy atom. The van der Waals surface area contributed by atoms with E-state index in [0.29, 0.717) is 55.9 Å².